The van der Waals surface area contributed by atoms with E-state index in [1.807, 2.05) is 33.3 Å². The first kappa shape index (κ1) is 23.3. The average molecular weight is 504 g/mol. The lowest BCUT2D eigenvalue weighted by Gasteiger charge is -2.22. The molecular formula is C19H27ClIN5O. The van der Waals surface area contributed by atoms with Crippen LogP contribution in [0.3, 0.4) is 0 Å². The Morgan fingerprint density at radius 2 is 1.96 bits per heavy atom. The van der Waals surface area contributed by atoms with Crippen LogP contribution >= 0.6 is 35.6 Å². The quantitative estimate of drug-likeness (QED) is 0.264. The van der Waals surface area contributed by atoms with Gasteiger partial charge in [0.05, 0.1) is 23.7 Å². The zero-order valence-electron chi connectivity index (χ0n) is 15.9. The van der Waals surface area contributed by atoms with Gasteiger partial charge in [0.1, 0.15) is 0 Å². The molecule has 6 nitrogen and oxygen atoms in total. The Labute approximate surface area is 183 Å². The highest BCUT2D eigenvalue weighted by atomic mass is 127. The molecule has 0 unspecified atom stereocenters. The van der Waals surface area contributed by atoms with E-state index in [1.54, 1.807) is 24.3 Å². The molecule has 2 N–H and O–H groups in total. The summed E-state index contributed by atoms with van der Waals surface area (Å²) in [5, 5.41) is 6.57. The molecule has 0 saturated heterocycles. The minimum Gasteiger partial charge on any atom is -0.357 e. The molecule has 0 radical (unpaired) electrons. The molecule has 2 aromatic rings. The van der Waals surface area contributed by atoms with Gasteiger partial charge >= 0.3 is 0 Å². The van der Waals surface area contributed by atoms with Crippen LogP contribution in [-0.2, 0) is 13.6 Å². The largest absolute Gasteiger partial charge is 0.357 e. The molecule has 0 aliphatic carbocycles. The number of rotatable bonds is 7. The van der Waals surface area contributed by atoms with Crippen LogP contribution in [0.25, 0.3) is 0 Å². The topological polar surface area (TPSA) is 61.7 Å². The Kier molecular flexibility index (Phi) is 10.2. The van der Waals surface area contributed by atoms with Crippen LogP contribution in [0.1, 0.15) is 23.0 Å². The number of nitrogens with one attached hydrogen (secondary N) is 2. The summed E-state index contributed by atoms with van der Waals surface area (Å²) >= 11 is 6.04. The molecule has 0 spiro atoms. The summed E-state index contributed by atoms with van der Waals surface area (Å²) in [7, 11) is 4.02. The lowest BCUT2D eigenvalue weighted by molar-refractivity contribution is 0.0955. The highest BCUT2D eigenvalue weighted by molar-refractivity contribution is 14.0. The maximum Gasteiger partial charge on any atom is 0.252 e. The van der Waals surface area contributed by atoms with E-state index in [4.69, 9.17) is 11.6 Å². The van der Waals surface area contributed by atoms with Gasteiger partial charge in [0, 0.05) is 39.1 Å². The van der Waals surface area contributed by atoms with Crippen LogP contribution in [0.5, 0.6) is 0 Å². The van der Waals surface area contributed by atoms with Crippen LogP contribution in [0.4, 0.5) is 0 Å². The second-order valence-electron chi connectivity index (χ2n) is 5.94. The molecule has 1 aromatic heterocycles. The van der Waals surface area contributed by atoms with Gasteiger partial charge in [0.15, 0.2) is 5.96 Å². The summed E-state index contributed by atoms with van der Waals surface area (Å²) in [6.07, 6.45) is 2.03. The molecule has 0 saturated carbocycles. The summed E-state index contributed by atoms with van der Waals surface area (Å²) in [5.74, 6) is 0.619. The fourth-order valence-corrected chi connectivity index (χ4v) is 2.74. The minimum absolute atomic E-state index is 0. The first-order chi connectivity index (χ1) is 12.5. The fraction of sp³-hybridized carbons (Fsp3) is 0.368. The fourth-order valence-electron chi connectivity index (χ4n) is 2.52. The van der Waals surface area contributed by atoms with E-state index in [2.05, 4.69) is 31.2 Å². The molecule has 0 aliphatic heterocycles. The lowest BCUT2D eigenvalue weighted by Crippen LogP contribution is -2.39. The molecule has 0 fully saturated rings. The molecule has 1 aromatic carbocycles. The van der Waals surface area contributed by atoms with Gasteiger partial charge in [-0.25, -0.2) is 0 Å². The second-order valence-corrected chi connectivity index (χ2v) is 6.35. The van der Waals surface area contributed by atoms with E-state index >= 15 is 0 Å². The summed E-state index contributed by atoms with van der Waals surface area (Å²) in [6.45, 7) is 4.49. The predicted molar refractivity (Wildman–Crippen MR) is 122 cm³/mol. The van der Waals surface area contributed by atoms with Crippen LogP contribution in [-0.4, -0.2) is 48.0 Å². The van der Waals surface area contributed by atoms with E-state index in [0.717, 1.165) is 19.0 Å². The Balaban J connectivity index is 0.00000364. The maximum absolute atomic E-state index is 12.1. The second kappa shape index (κ2) is 11.9. The van der Waals surface area contributed by atoms with Crippen molar-refractivity contribution in [2.45, 2.75) is 13.5 Å². The van der Waals surface area contributed by atoms with Crippen LogP contribution in [0.15, 0.2) is 47.6 Å². The van der Waals surface area contributed by atoms with E-state index < -0.39 is 0 Å². The zero-order chi connectivity index (χ0) is 18.9. The van der Waals surface area contributed by atoms with Gasteiger partial charge < -0.3 is 20.1 Å². The van der Waals surface area contributed by atoms with Gasteiger partial charge in [-0.1, -0.05) is 23.7 Å². The lowest BCUT2D eigenvalue weighted by atomic mass is 10.2. The number of halogens is 2. The molecule has 2 rings (SSSR count). The number of guanidine groups is 1. The molecule has 1 amide bonds. The summed E-state index contributed by atoms with van der Waals surface area (Å²) in [5.41, 5.74) is 1.68. The van der Waals surface area contributed by atoms with Crippen molar-refractivity contribution in [1.29, 1.82) is 0 Å². The van der Waals surface area contributed by atoms with E-state index in [-0.39, 0.29) is 29.9 Å². The van der Waals surface area contributed by atoms with Crippen molar-refractivity contribution < 1.29 is 4.79 Å². The Morgan fingerprint density at radius 1 is 1.22 bits per heavy atom. The number of amides is 1. The normalized spacial score (nSPS) is 10.9. The number of aryl methyl sites for hydroxylation is 1. The van der Waals surface area contributed by atoms with Crippen molar-refractivity contribution in [3.05, 3.63) is 58.9 Å². The third kappa shape index (κ3) is 7.06. The van der Waals surface area contributed by atoms with Gasteiger partial charge in [0.2, 0.25) is 0 Å². The van der Waals surface area contributed by atoms with Gasteiger partial charge in [-0.05, 0) is 31.2 Å². The van der Waals surface area contributed by atoms with Crippen LogP contribution in [0, 0.1) is 0 Å². The number of aromatic nitrogens is 1. The number of nitrogens with zero attached hydrogens (tertiary/aromatic N) is 3. The maximum atomic E-state index is 12.1. The minimum atomic E-state index is -0.187. The highest BCUT2D eigenvalue weighted by Gasteiger charge is 2.10. The van der Waals surface area contributed by atoms with Gasteiger partial charge in [-0.15, -0.1) is 24.0 Å². The van der Waals surface area contributed by atoms with Crippen molar-refractivity contribution >= 4 is 47.4 Å². The van der Waals surface area contributed by atoms with E-state index in [1.165, 1.54) is 5.69 Å². The van der Waals surface area contributed by atoms with Crippen LogP contribution in [0.2, 0.25) is 5.02 Å². The Bertz CT molecular complexity index is 762. The van der Waals surface area contributed by atoms with Crippen molar-refractivity contribution in [1.82, 2.24) is 20.1 Å². The molecule has 0 atom stereocenters. The first-order valence-electron chi connectivity index (χ1n) is 8.65. The average Bonchev–Trinajstić information content (AvgIpc) is 3.02. The number of carbonyl (C=O) groups is 1. The van der Waals surface area contributed by atoms with Crippen molar-refractivity contribution in [3.8, 4) is 0 Å². The third-order valence-electron chi connectivity index (χ3n) is 3.92. The molecule has 0 aliphatic rings. The number of aliphatic imine (C=N–C) groups is 1. The molecule has 27 heavy (non-hydrogen) atoms. The molecule has 0 bridgehead atoms. The van der Waals surface area contributed by atoms with Gasteiger partial charge in [-0.3, -0.25) is 9.79 Å². The third-order valence-corrected chi connectivity index (χ3v) is 4.25. The van der Waals surface area contributed by atoms with Crippen molar-refractivity contribution in [3.63, 3.8) is 0 Å². The predicted octanol–water partition coefficient (Wildman–Crippen LogP) is 3.12. The number of hydrogen-bond donors (Lipinski definition) is 2. The molecule has 1 heterocycles. The summed E-state index contributed by atoms with van der Waals surface area (Å²) in [6, 6.07) is 11.1. The van der Waals surface area contributed by atoms with Crippen molar-refractivity contribution in [2.24, 2.45) is 12.0 Å². The Morgan fingerprint density at radius 3 is 2.59 bits per heavy atom. The van der Waals surface area contributed by atoms with E-state index in [9.17, 15) is 4.79 Å². The smallest absolute Gasteiger partial charge is 0.252 e. The first-order valence-corrected chi connectivity index (χ1v) is 9.03. The number of hydrogen-bond acceptors (Lipinski definition) is 2. The summed E-state index contributed by atoms with van der Waals surface area (Å²) < 4.78 is 2.09. The van der Waals surface area contributed by atoms with E-state index in [0.29, 0.717) is 23.7 Å². The highest BCUT2D eigenvalue weighted by Crippen LogP contribution is 2.14. The van der Waals surface area contributed by atoms with Crippen molar-refractivity contribution in [2.75, 3.05) is 26.7 Å². The SMILES string of the molecule is CCNC(=NCCNC(=O)c1ccccc1Cl)N(C)Cc1cccn1C.I. The zero-order valence-corrected chi connectivity index (χ0v) is 19.0. The number of benzene rings is 1. The molecular weight excluding hydrogens is 477 g/mol. The standard InChI is InChI=1S/C19H26ClN5O.HI/c1-4-21-19(25(3)14-15-8-7-13-24(15)2)23-12-11-22-18(26)16-9-5-6-10-17(16)20;/h5-10,13H,4,11-12,14H2,1-3H3,(H,21,23)(H,22,26);1H. The Hall–Kier alpha value is -1.74. The monoisotopic (exact) mass is 503 g/mol. The van der Waals surface area contributed by atoms with Gasteiger partial charge in [-0.2, -0.15) is 0 Å². The summed E-state index contributed by atoms with van der Waals surface area (Å²) in [4.78, 5) is 18.8. The molecule has 148 valence electrons. The molecule has 8 heteroatoms. The number of carbonyl (C=O) groups excluding carboxylic acids is 1. The van der Waals surface area contributed by atoms with Crippen LogP contribution < -0.4 is 10.6 Å². The van der Waals surface area contributed by atoms with Gasteiger partial charge in [0.25, 0.3) is 5.91 Å².